The standard InChI is InChI=1S/C10H20N2O6/c1-10(16,8(13)14)7-12-9(15)11-3-4-18-6-5-17-2/h16H,3-7H2,1-2H3,(H,13,14)(H2,11,12,15). The van der Waals surface area contributed by atoms with E-state index in [2.05, 4.69) is 10.6 Å². The third kappa shape index (κ3) is 7.82. The molecule has 0 heterocycles. The van der Waals surface area contributed by atoms with E-state index in [0.29, 0.717) is 19.8 Å². The zero-order chi connectivity index (χ0) is 14.0. The van der Waals surface area contributed by atoms with Gasteiger partial charge in [-0.25, -0.2) is 9.59 Å². The molecule has 0 radical (unpaired) electrons. The highest BCUT2D eigenvalue weighted by molar-refractivity contribution is 5.79. The minimum absolute atomic E-state index is 0.283. The SMILES string of the molecule is COCCOCCNC(=O)NCC(C)(O)C(=O)O. The molecule has 0 aromatic rings. The molecule has 2 amide bonds. The van der Waals surface area contributed by atoms with Gasteiger partial charge in [-0.1, -0.05) is 0 Å². The molecule has 0 rings (SSSR count). The number of carbonyl (C=O) groups excluding carboxylic acids is 1. The van der Waals surface area contributed by atoms with E-state index in [1.807, 2.05) is 0 Å². The van der Waals surface area contributed by atoms with Gasteiger partial charge in [-0.2, -0.15) is 0 Å². The van der Waals surface area contributed by atoms with Crippen LogP contribution in [0.15, 0.2) is 0 Å². The molecule has 8 nitrogen and oxygen atoms in total. The Hall–Kier alpha value is -1.38. The predicted molar refractivity (Wildman–Crippen MR) is 62.4 cm³/mol. The Kier molecular flexibility index (Phi) is 8.01. The molecule has 1 atom stereocenters. The zero-order valence-electron chi connectivity index (χ0n) is 10.6. The molecule has 0 aliphatic rings. The number of aliphatic hydroxyl groups is 1. The number of hydrogen-bond donors (Lipinski definition) is 4. The second-order valence-corrected chi connectivity index (χ2v) is 3.79. The van der Waals surface area contributed by atoms with Gasteiger partial charge in [0.25, 0.3) is 0 Å². The van der Waals surface area contributed by atoms with Crippen molar-refractivity contribution >= 4 is 12.0 Å². The van der Waals surface area contributed by atoms with E-state index in [-0.39, 0.29) is 13.1 Å². The summed E-state index contributed by atoms with van der Waals surface area (Å²) in [7, 11) is 1.56. The molecule has 0 bridgehead atoms. The molecule has 18 heavy (non-hydrogen) atoms. The van der Waals surface area contributed by atoms with E-state index in [0.717, 1.165) is 6.92 Å². The molecule has 106 valence electrons. The van der Waals surface area contributed by atoms with Crippen LogP contribution in [0.2, 0.25) is 0 Å². The van der Waals surface area contributed by atoms with Gasteiger partial charge in [-0.3, -0.25) is 0 Å². The summed E-state index contributed by atoms with van der Waals surface area (Å²) in [4.78, 5) is 21.7. The highest BCUT2D eigenvalue weighted by Crippen LogP contribution is 2.00. The van der Waals surface area contributed by atoms with Crippen LogP contribution in [0.1, 0.15) is 6.92 Å². The van der Waals surface area contributed by atoms with Crippen LogP contribution in [-0.2, 0) is 14.3 Å². The Labute approximate surface area is 105 Å². The average molecular weight is 264 g/mol. The molecule has 0 aromatic heterocycles. The number of carbonyl (C=O) groups is 2. The molecule has 0 fully saturated rings. The van der Waals surface area contributed by atoms with E-state index >= 15 is 0 Å². The Morgan fingerprint density at radius 1 is 1.22 bits per heavy atom. The second kappa shape index (κ2) is 8.67. The molecule has 0 aliphatic carbocycles. The maximum atomic E-state index is 11.2. The van der Waals surface area contributed by atoms with Gasteiger partial charge in [-0.15, -0.1) is 0 Å². The van der Waals surface area contributed by atoms with E-state index in [1.165, 1.54) is 0 Å². The molecule has 4 N–H and O–H groups in total. The van der Waals surface area contributed by atoms with Crippen molar-refractivity contribution in [1.82, 2.24) is 10.6 Å². The fourth-order valence-corrected chi connectivity index (χ4v) is 0.872. The third-order valence-corrected chi connectivity index (χ3v) is 2.02. The van der Waals surface area contributed by atoms with Crippen LogP contribution in [0, 0.1) is 0 Å². The van der Waals surface area contributed by atoms with Crippen molar-refractivity contribution in [3.05, 3.63) is 0 Å². The molecule has 0 spiro atoms. The average Bonchev–Trinajstić information content (AvgIpc) is 2.31. The van der Waals surface area contributed by atoms with E-state index in [1.54, 1.807) is 7.11 Å². The van der Waals surface area contributed by atoms with Crippen LogP contribution in [0.3, 0.4) is 0 Å². The molecule has 1 unspecified atom stereocenters. The predicted octanol–water partition coefficient (Wildman–Crippen LogP) is -1.22. The van der Waals surface area contributed by atoms with Gasteiger partial charge < -0.3 is 30.3 Å². The van der Waals surface area contributed by atoms with Crippen molar-refractivity contribution in [1.29, 1.82) is 0 Å². The van der Waals surface area contributed by atoms with Crippen LogP contribution in [0.25, 0.3) is 0 Å². The van der Waals surface area contributed by atoms with E-state index < -0.39 is 17.6 Å². The monoisotopic (exact) mass is 264 g/mol. The summed E-state index contributed by atoms with van der Waals surface area (Å²) in [6, 6.07) is -0.563. The van der Waals surface area contributed by atoms with Crippen LogP contribution in [0.5, 0.6) is 0 Å². The van der Waals surface area contributed by atoms with Crippen LogP contribution in [-0.4, -0.2) is 67.8 Å². The highest BCUT2D eigenvalue weighted by Gasteiger charge is 2.30. The Balaban J connectivity index is 3.58. The number of rotatable bonds is 9. The van der Waals surface area contributed by atoms with Crippen molar-refractivity contribution in [2.45, 2.75) is 12.5 Å². The van der Waals surface area contributed by atoms with Gasteiger partial charge in [0.2, 0.25) is 0 Å². The van der Waals surface area contributed by atoms with Crippen molar-refractivity contribution in [2.24, 2.45) is 0 Å². The minimum atomic E-state index is -1.98. The molecule has 8 heteroatoms. The first-order chi connectivity index (χ1) is 8.40. The highest BCUT2D eigenvalue weighted by atomic mass is 16.5. The minimum Gasteiger partial charge on any atom is -0.479 e. The number of nitrogens with one attached hydrogen (secondary N) is 2. The van der Waals surface area contributed by atoms with Crippen LogP contribution < -0.4 is 10.6 Å². The smallest absolute Gasteiger partial charge is 0.337 e. The molecular formula is C10H20N2O6. The van der Waals surface area contributed by atoms with Crippen LogP contribution in [0.4, 0.5) is 4.79 Å². The van der Waals surface area contributed by atoms with Gasteiger partial charge >= 0.3 is 12.0 Å². The molecule has 0 saturated carbocycles. The van der Waals surface area contributed by atoms with E-state index in [4.69, 9.17) is 14.6 Å². The van der Waals surface area contributed by atoms with Gasteiger partial charge in [0.05, 0.1) is 26.4 Å². The molecule has 0 saturated heterocycles. The van der Waals surface area contributed by atoms with Gasteiger partial charge in [-0.05, 0) is 6.92 Å². The lowest BCUT2D eigenvalue weighted by Gasteiger charge is -2.18. The van der Waals surface area contributed by atoms with Gasteiger partial charge in [0, 0.05) is 13.7 Å². The number of carboxylic acid groups (broad SMARTS) is 1. The van der Waals surface area contributed by atoms with Crippen molar-refractivity contribution < 1.29 is 29.3 Å². The number of methoxy groups -OCH3 is 1. The van der Waals surface area contributed by atoms with Gasteiger partial charge in [0.1, 0.15) is 0 Å². The van der Waals surface area contributed by atoms with Crippen molar-refractivity contribution in [2.75, 3.05) is 40.0 Å². The summed E-state index contributed by atoms with van der Waals surface area (Å²) in [6.07, 6.45) is 0. The molecular weight excluding hydrogens is 244 g/mol. The van der Waals surface area contributed by atoms with Crippen molar-refractivity contribution in [3.63, 3.8) is 0 Å². The fraction of sp³-hybridized carbons (Fsp3) is 0.800. The first-order valence-corrected chi connectivity index (χ1v) is 5.44. The van der Waals surface area contributed by atoms with Crippen LogP contribution >= 0.6 is 0 Å². The Bertz CT molecular complexity index is 269. The summed E-state index contributed by atoms with van der Waals surface area (Å²) >= 11 is 0. The quantitative estimate of drug-likeness (QED) is 0.388. The normalized spacial score (nSPS) is 13.7. The summed E-state index contributed by atoms with van der Waals surface area (Å²) < 4.78 is 9.86. The number of carboxylic acids is 1. The lowest BCUT2D eigenvalue weighted by Crippen LogP contribution is -2.49. The maximum absolute atomic E-state index is 11.2. The second-order valence-electron chi connectivity index (χ2n) is 3.79. The first kappa shape index (κ1) is 16.6. The lowest BCUT2D eigenvalue weighted by molar-refractivity contribution is -0.155. The largest absolute Gasteiger partial charge is 0.479 e. The van der Waals surface area contributed by atoms with Crippen molar-refractivity contribution in [3.8, 4) is 0 Å². The third-order valence-electron chi connectivity index (χ3n) is 2.02. The number of urea groups is 1. The summed E-state index contributed by atoms with van der Waals surface area (Å²) in [5, 5.41) is 22.6. The Morgan fingerprint density at radius 2 is 1.89 bits per heavy atom. The first-order valence-electron chi connectivity index (χ1n) is 5.44. The fourth-order valence-electron chi connectivity index (χ4n) is 0.872. The Morgan fingerprint density at radius 3 is 2.44 bits per heavy atom. The summed E-state index contributed by atoms with van der Waals surface area (Å²) in [5.41, 5.74) is -1.98. The molecule has 0 aromatic carbocycles. The molecule has 0 aliphatic heterocycles. The lowest BCUT2D eigenvalue weighted by atomic mass is 10.1. The number of hydrogen-bond acceptors (Lipinski definition) is 5. The zero-order valence-corrected chi connectivity index (χ0v) is 10.6. The number of ether oxygens (including phenoxy) is 2. The van der Waals surface area contributed by atoms with Gasteiger partial charge in [0.15, 0.2) is 5.60 Å². The topological polar surface area (TPSA) is 117 Å². The maximum Gasteiger partial charge on any atom is 0.337 e. The summed E-state index contributed by atoms with van der Waals surface area (Å²) in [6.45, 7) is 2.25. The summed E-state index contributed by atoms with van der Waals surface area (Å²) in [5.74, 6) is -1.40. The van der Waals surface area contributed by atoms with E-state index in [9.17, 15) is 14.7 Å². The number of amides is 2. The number of aliphatic carboxylic acids is 1.